The van der Waals surface area contributed by atoms with E-state index in [0.717, 1.165) is 12.5 Å². The molecule has 0 N–H and O–H groups in total. The topological polar surface area (TPSA) is 55.2 Å². The van der Waals surface area contributed by atoms with Crippen LogP contribution >= 0.6 is 0 Å². The Bertz CT molecular complexity index is 1340. The maximum atomic E-state index is 14.7. The summed E-state index contributed by atoms with van der Waals surface area (Å²) in [5.41, 5.74) is 1.27. The van der Waals surface area contributed by atoms with E-state index in [1.165, 1.54) is 31.3 Å². The zero-order valence-corrected chi connectivity index (χ0v) is 18.2. The molecule has 8 heteroatoms. The number of carbonyl (C=O) groups is 1. The minimum absolute atomic E-state index is 0.116. The number of fused-ring (bicyclic) bond motifs is 2. The number of hydrogen-bond acceptors (Lipinski definition) is 3. The molecule has 0 aliphatic carbocycles. The van der Waals surface area contributed by atoms with Crippen LogP contribution in [0.3, 0.4) is 0 Å². The second-order valence-corrected chi connectivity index (χ2v) is 8.73. The molecule has 5 rings (SSSR count). The molecule has 1 amide bonds. The number of amides is 1. The van der Waals surface area contributed by atoms with Gasteiger partial charge in [-0.1, -0.05) is 18.2 Å². The van der Waals surface area contributed by atoms with Crippen molar-refractivity contribution in [2.45, 2.75) is 44.7 Å². The number of carbonyl (C=O) groups excluding carboxylic acids is 1. The highest BCUT2D eigenvalue weighted by atomic mass is 19.2. The van der Waals surface area contributed by atoms with E-state index in [1.807, 2.05) is 0 Å². The third-order valence-corrected chi connectivity index (χ3v) is 6.96. The van der Waals surface area contributed by atoms with Gasteiger partial charge in [-0.15, -0.1) is 0 Å². The third kappa shape index (κ3) is 3.27. The summed E-state index contributed by atoms with van der Waals surface area (Å²) in [5, 5.41) is 4.33. The molecule has 2 aliphatic heterocycles. The maximum absolute atomic E-state index is 14.7. The summed E-state index contributed by atoms with van der Waals surface area (Å²) in [6.45, 7) is 3.60. The second kappa shape index (κ2) is 7.86. The first-order chi connectivity index (χ1) is 15.8. The summed E-state index contributed by atoms with van der Waals surface area (Å²) in [4.78, 5) is 27.4. The quantitative estimate of drug-likeness (QED) is 0.595. The molecule has 1 aromatic heterocycles. The Morgan fingerprint density at radius 1 is 1.06 bits per heavy atom. The van der Waals surface area contributed by atoms with Gasteiger partial charge in [-0.25, -0.2) is 13.2 Å². The van der Waals surface area contributed by atoms with Gasteiger partial charge in [-0.05, 0) is 61.6 Å². The molecule has 5 nitrogen and oxygen atoms in total. The van der Waals surface area contributed by atoms with Gasteiger partial charge in [0.05, 0.1) is 18.3 Å². The van der Waals surface area contributed by atoms with Crippen LogP contribution in [0.2, 0.25) is 0 Å². The van der Waals surface area contributed by atoms with E-state index in [2.05, 4.69) is 5.10 Å². The Morgan fingerprint density at radius 3 is 2.61 bits per heavy atom. The van der Waals surface area contributed by atoms with E-state index in [9.17, 15) is 22.8 Å². The first-order valence-corrected chi connectivity index (χ1v) is 10.9. The monoisotopic (exact) mass is 453 g/mol. The van der Waals surface area contributed by atoms with E-state index in [-0.39, 0.29) is 34.2 Å². The molecule has 3 aromatic rings. The predicted molar refractivity (Wildman–Crippen MR) is 116 cm³/mol. The zero-order chi connectivity index (χ0) is 23.4. The van der Waals surface area contributed by atoms with Gasteiger partial charge < -0.3 is 4.90 Å². The highest BCUT2D eigenvalue weighted by molar-refractivity contribution is 5.95. The summed E-state index contributed by atoms with van der Waals surface area (Å²) in [6, 6.07) is 7.74. The number of aromatic nitrogens is 2. The van der Waals surface area contributed by atoms with Crippen LogP contribution in [0.1, 0.15) is 57.5 Å². The van der Waals surface area contributed by atoms with Crippen molar-refractivity contribution < 1.29 is 18.0 Å². The van der Waals surface area contributed by atoms with Gasteiger partial charge in [0, 0.05) is 18.0 Å². The van der Waals surface area contributed by atoms with Crippen molar-refractivity contribution in [1.29, 1.82) is 0 Å². The van der Waals surface area contributed by atoms with Gasteiger partial charge in [-0.3, -0.25) is 14.3 Å². The van der Waals surface area contributed by atoms with Crippen molar-refractivity contribution in [3.63, 3.8) is 0 Å². The maximum Gasteiger partial charge on any atom is 0.272 e. The number of rotatable bonds is 3. The Kier molecular flexibility index (Phi) is 5.11. The summed E-state index contributed by atoms with van der Waals surface area (Å²) in [7, 11) is 0. The molecule has 0 spiro atoms. The summed E-state index contributed by atoms with van der Waals surface area (Å²) in [5.74, 6) is -3.29. The molecule has 33 heavy (non-hydrogen) atoms. The first-order valence-electron chi connectivity index (χ1n) is 10.9. The Balaban J connectivity index is 1.82. The molecule has 170 valence electrons. The van der Waals surface area contributed by atoms with Crippen molar-refractivity contribution in [2.75, 3.05) is 6.54 Å². The molecule has 1 saturated heterocycles. The van der Waals surface area contributed by atoms with Crippen LogP contribution in [0, 0.1) is 31.3 Å². The van der Waals surface area contributed by atoms with Gasteiger partial charge in [0.1, 0.15) is 11.5 Å². The fourth-order valence-electron chi connectivity index (χ4n) is 5.37. The van der Waals surface area contributed by atoms with Crippen molar-refractivity contribution in [1.82, 2.24) is 14.7 Å². The van der Waals surface area contributed by atoms with Gasteiger partial charge in [-0.2, -0.15) is 5.10 Å². The largest absolute Gasteiger partial charge is 0.332 e. The number of halogens is 3. The fourth-order valence-corrected chi connectivity index (χ4v) is 5.37. The van der Waals surface area contributed by atoms with E-state index >= 15 is 0 Å². The average molecular weight is 453 g/mol. The molecule has 3 heterocycles. The van der Waals surface area contributed by atoms with E-state index in [1.54, 1.807) is 28.6 Å². The van der Waals surface area contributed by atoms with E-state index in [4.69, 9.17) is 0 Å². The Hall–Kier alpha value is -3.42. The van der Waals surface area contributed by atoms with Gasteiger partial charge in [0.15, 0.2) is 11.6 Å². The molecule has 2 aliphatic rings. The molecule has 0 bridgehead atoms. The highest BCUT2D eigenvalue weighted by Gasteiger charge is 2.47. The number of benzene rings is 2. The molecule has 0 unspecified atom stereocenters. The molecule has 1 fully saturated rings. The standard InChI is InChI=1S/C25H22F3N3O2/c1-13-17(8-9-18(27)22(13)28)21(15-5-3-6-16(26)11-15)24-19-7-4-10-30(19)25(33)23-14(2)20(32)12-29-31(23)24/h3,5-6,8-9,11-12,19,21,24H,4,7,10H2,1-2H3/t19-,21-,24-/m1/s1. The van der Waals surface area contributed by atoms with E-state index in [0.29, 0.717) is 24.1 Å². The van der Waals surface area contributed by atoms with Crippen molar-refractivity contribution in [2.24, 2.45) is 0 Å². The lowest BCUT2D eigenvalue weighted by atomic mass is 9.78. The summed E-state index contributed by atoms with van der Waals surface area (Å²) >= 11 is 0. The smallest absolute Gasteiger partial charge is 0.272 e. The van der Waals surface area contributed by atoms with Crippen LogP contribution in [0.15, 0.2) is 47.4 Å². The summed E-state index contributed by atoms with van der Waals surface area (Å²) in [6.07, 6.45) is 2.61. The third-order valence-electron chi connectivity index (χ3n) is 6.96. The normalized spacial score (nSPS) is 20.5. The molecular weight excluding hydrogens is 431 g/mol. The molecule has 0 radical (unpaired) electrons. The van der Waals surface area contributed by atoms with Crippen LogP contribution in [-0.4, -0.2) is 33.2 Å². The van der Waals surface area contributed by atoms with Crippen LogP contribution < -0.4 is 5.43 Å². The SMILES string of the molecule is Cc1c([C@@H](c2cccc(F)c2)[C@H]2[C@H]3CCCN3C(=O)c3c(C)c(=O)cnn32)ccc(F)c1F. The van der Waals surface area contributed by atoms with Gasteiger partial charge in [0.2, 0.25) is 5.43 Å². The van der Waals surface area contributed by atoms with Gasteiger partial charge in [0.25, 0.3) is 5.91 Å². The minimum Gasteiger partial charge on any atom is -0.332 e. The van der Waals surface area contributed by atoms with Crippen molar-refractivity contribution >= 4 is 5.91 Å². The molecular formula is C25H22F3N3O2. The van der Waals surface area contributed by atoms with Crippen LogP contribution in [0.25, 0.3) is 0 Å². The van der Waals surface area contributed by atoms with Gasteiger partial charge >= 0.3 is 0 Å². The minimum atomic E-state index is -0.965. The molecule has 2 aromatic carbocycles. The molecule has 0 saturated carbocycles. The van der Waals surface area contributed by atoms with Crippen LogP contribution in [0.4, 0.5) is 13.2 Å². The number of hydrogen-bond donors (Lipinski definition) is 0. The van der Waals surface area contributed by atoms with E-state index < -0.39 is 29.4 Å². The summed E-state index contributed by atoms with van der Waals surface area (Å²) < 4.78 is 44.6. The van der Waals surface area contributed by atoms with Crippen molar-refractivity contribution in [3.05, 3.63) is 98.2 Å². The molecule has 3 atom stereocenters. The predicted octanol–water partition coefficient (Wildman–Crippen LogP) is 4.27. The Labute approximate surface area is 188 Å². The zero-order valence-electron chi connectivity index (χ0n) is 18.2. The number of nitrogens with zero attached hydrogens (tertiary/aromatic N) is 3. The first kappa shape index (κ1) is 21.4. The van der Waals surface area contributed by atoms with Crippen LogP contribution in [0.5, 0.6) is 0 Å². The average Bonchev–Trinajstić information content (AvgIpc) is 3.28. The lowest BCUT2D eigenvalue weighted by Gasteiger charge is -2.43. The highest BCUT2D eigenvalue weighted by Crippen LogP contribution is 2.46. The lowest BCUT2D eigenvalue weighted by molar-refractivity contribution is 0.0570. The fraction of sp³-hybridized carbons (Fsp3) is 0.320. The van der Waals surface area contributed by atoms with Crippen molar-refractivity contribution in [3.8, 4) is 0 Å². The van der Waals surface area contributed by atoms with Crippen LogP contribution in [-0.2, 0) is 0 Å². The second-order valence-electron chi connectivity index (χ2n) is 8.73. The Morgan fingerprint density at radius 2 is 1.85 bits per heavy atom. The lowest BCUT2D eigenvalue weighted by Crippen LogP contribution is -2.51.